The molecule has 0 unspecified atom stereocenters. The average molecular weight is 727 g/mol. The summed E-state index contributed by atoms with van der Waals surface area (Å²) in [5.74, 6) is 0.714. The van der Waals surface area contributed by atoms with Crippen LogP contribution in [-0.2, 0) is 5.41 Å². The van der Waals surface area contributed by atoms with Gasteiger partial charge in [0.15, 0.2) is 5.82 Å². The number of nitrogens with zero attached hydrogens (tertiary/aromatic N) is 2. The Bertz CT molecular complexity index is 3190. The SMILES string of the molecule is CC1(C)c2ccc(-c3ccc(-c4ccc(-c5cc(-c6cccc7ccccc67)nc(-c6ccccc6)n5)c5ccccc45)cc3)cc2-c2c1ccc1ccccc21. The second kappa shape index (κ2) is 13.0. The molecule has 0 amide bonds. The van der Waals surface area contributed by atoms with E-state index in [0.717, 1.165) is 33.5 Å². The van der Waals surface area contributed by atoms with Crippen molar-refractivity contribution in [3.8, 4) is 67.3 Å². The Morgan fingerprint density at radius 2 is 0.877 bits per heavy atom. The highest BCUT2D eigenvalue weighted by Gasteiger charge is 2.36. The highest BCUT2D eigenvalue weighted by Crippen LogP contribution is 2.52. The molecule has 0 saturated carbocycles. The monoisotopic (exact) mass is 726 g/mol. The normalized spacial score (nSPS) is 12.9. The van der Waals surface area contributed by atoms with Crippen LogP contribution in [0, 0.1) is 0 Å². The number of benzene rings is 9. The molecule has 11 rings (SSSR count). The minimum atomic E-state index is -0.0449. The van der Waals surface area contributed by atoms with Gasteiger partial charge in [-0.2, -0.15) is 0 Å². The molecule has 57 heavy (non-hydrogen) atoms. The van der Waals surface area contributed by atoms with Crippen LogP contribution >= 0.6 is 0 Å². The molecule has 0 fully saturated rings. The van der Waals surface area contributed by atoms with Crippen molar-refractivity contribution in [2.45, 2.75) is 19.3 Å². The number of rotatable bonds is 5. The second-order valence-electron chi connectivity index (χ2n) is 15.7. The van der Waals surface area contributed by atoms with Gasteiger partial charge >= 0.3 is 0 Å². The quantitative estimate of drug-likeness (QED) is 0.176. The van der Waals surface area contributed by atoms with E-state index in [-0.39, 0.29) is 5.41 Å². The fourth-order valence-corrected chi connectivity index (χ4v) is 9.21. The van der Waals surface area contributed by atoms with E-state index in [1.165, 1.54) is 71.4 Å². The van der Waals surface area contributed by atoms with Crippen LogP contribution in [0.1, 0.15) is 25.0 Å². The first-order chi connectivity index (χ1) is 28.0. The Kier molecular flexibility index (Phi) is 7.55. The van der Waals surface area contributed by atoms with E-state index in [0.29, 0.717) is 5.82 Å². The van der Waals surface area contributed by atoms with Crippen molar-refractivity contribution in [2.75, 3.05) is 0 Å². The molecule has 0 atom stereocenters. The average Bonchev–Trinajstić information content (AvgIpc) is 3.51. The van der Waals surface area contributed by atoms with Crippen LogP contribution in [-0.4, -0.2) is 9.97 Å². The van der Waals surface area contributed by atoms with Gasteiger partial charge in [-0.3, -0.25) is 0 Å². The largest absolute Gasteiger partial charge is 0.228 e. The predicted octanol–water partition coefficient (Wildman–Crippen LogP) is 14.6. The van der Waals surface area contributed by atoms with Crippen molar-refractivity contribution in [3.05, 3.63) is 205 Å². The predicted molar refractivity (Wildman–Crippen MR) is 239 cm³/mol. The van der Waals surface area contributed by atoms with Crippen molar-refractivity contribution in [1.29, 1.82) is 0 Å². The topological polar surface area (TPSA) is 25.8 Å². The molecular formula is C55H38N2. The summed E-state index contributed by atoms with van der Waals surface area (Å²) in [6, 6.07) is 70.1. The maximum absolute atomic E-state index is 5.23. The van der Waals surface area contributed by atoms with Crippen LogP contribution in [0.4, 0.5) is 0 Å². The summed E-state index contributed by atoms with van der Waals surface area (Å²) in [6.45, 7) is 4.71. The van der Waals surface area contributed by atoms with Gasteiger partial charge in [0.25, 0.3) is 0 Å². The molecule has 1 aliphatic rings. The Morgan fingerprint density at radius 1 is 0.333 bits per heavy atom. The second-order valence-corrected chi connectivity index (χ2v) is 15.7. The molecule has 0 spiro atoms. The third-order valence-electron chi connectivity index (χ3n) is 12.1. The van der Waals surface area contributed by atoms with Crippen molar-refractivity contribution < 1.29 is 0 Å². The Hall–Kier alpha value is -7.16. The molecule has 1 aliphatic carbocycles. The molecule has 268 valence electrons. The lowest BCUT2D eigenvalue weighted by atomic mass is 9.82. The van der Waals surface area contributed by atoms with Crippen LogP contribution in [0.15, 0.2) is 194 Å². The fraction of sp³-hybridized carbons (Fsp3) is 0.0545. The van der Waals surface area contributed by atoms with Crippen molar-refractivity contribution in [1.82, 2.24) is 9.97 Å². The van der Waals surface area contributed by atoms with Gasteiger partial charge in [0.1, 0.15) is 0 Å². The summed E-state index contributed by atoms with van der Waals surface area (Å²) in [4.78, 5) is 10.4. The standard InChI is InChI=1S/C55H38N2/c1-55(2)49-31-28-40(33-48(49)53-43-19-9-7-14-37(43)27-32-50(53)55)35-23-25-38(26-24-35)42-29-30-47(45-21-11-10-20-44(42)45)52-34-51(56-54(57-52)39-15-4-3-5-16-39)46-22-12-17-36-13-6-8-18-41(36)46/h3-34H,1-2H3. The van der Waals surface area contributed by atoms with Crippen molar-refractivity contribution in [3.63, 3.8) is 0 Å². The van der Waals surface area contributed by atoms with Crippen molar-refractivity contribution >= 4 is 32.3 Å². The summed E-state index contributed by atoms with van der Waals surface area (Å²) in [7, 11) is 0. The van der Waals surface area contributed by atoms with E-state index in [2.05, 4.69) is 190 Å². The summed E-state index contributed by atoms with van der Waals surface area (Å²) in [6.07, 6.45) is 0. The molecule has 0 radical (unpaired) electrons. The van der Waals surface area contributed by atoms with Gasteiger partial charge < -0.3 is 0 Å². The molecule has 1 aromatic heterocycles. The molecule has 2 heteroatoms. The highest BCUT2D eigenvalue weighted by atomic mass is 14.9. The number of aromatic nitrogens is 2. The van der Waals surface area contributed by atoms with Gasteiger partial charge in [-0.05, 0) is 89.0 Å². The fourth-order valence-electron chi connectivity index (χ4n) is 9.21. The van der Waals surface area contributed by atoms with Gasteiger partial charge in [0, 0.05) is 22.1 Å². The number of fused-ring (bicyclic) bond motifs is 7. The first-order valence-electron chi connectivity index (χ1n) is 19.7. The summed E-state index contributed by atoms with van der Waals surface area (Å²) >= 11 is 0. The minimum Gasteiger partial charge on any atom is -0.228 e. The Balaban J connectivity index is 1.00. The zero-order valence-electron chi connectivity index (χ0n) is 31.9. The maximum Gasteiger partial charge on any atom is 0.160 e. The maximum atomic E-state index is 5.23. The van der Waals surface area contributed by atoms with Gasteiger partial charge in [0.05, 0.1) is 11.4 Å². The van der Waals surface area contributed by atoms with Crippen LogP contribution in [0.2, 0.25) is 0 Å². The summed E-state index contributed by atoms with van der Waals surface area (Å²) < 4.78 is 0. The Morgan fingerprint density at radius 3 is 1.63 bits per heavy atom. The van der Waals surface area contributed by atoms with Crippen LogP contribution in [0.25, 0.3) is 99.6 Å². The Labute approximate surface area is 332 Å². The first kappa shape index (κ1) is 33.2. The van der Waals surface area contributed by atoms with Crippen molar-refractivity contribution in [2.24, 2.45) is 0 Å². The van der Waals surface area contributed by atoms with E-state index in [9.17, 15) is 0 Å². The van der Waals surface area contributed by atoms with Crippen LogP contribution < -0.4 is 0 Å². The minimum absolute atomic E-state index is 0.0449. The third kappa shape index (κ3) is 5.40. The lowest BCUT2D eigenvalue weighted by Gasteiger charge is -2.21. The summed E-state index contributed by atoms with van der Waals surface area (Å²) in [5.41, 5.74) is 15.3. The number of hydrogen-bond acceptors (Lipinski definition) is 2. The molecule has 0 saturated heterocycles. The van der Waals surface area contributed by atoms with E-state index in [4.69, 9.17) is 9.97 Å². The van der Waals surface area contributed by atoms with E-state index >= 15 is 0 Å². The zero-order chi connectivity index (χ0) is 38.1. The molecule has 2 nitrogen and oxygen atoms in total. The van der Waals surface area contributed by atoms with Gasteiger partial charge in [-0.1, -0.05) is 196 Å². The molecule has 0 aliphatic heterocycles. The third-order valence-corrected chi connectivity index (χ3v) is 12.1. The highest BCUT2D eigenvalue weighted by molar-refractivity contribution is 6.06. The molecule has 0 bridgehead atoms. The lowest BCUT2D eigenvalue weighted by Crippen LogP contribution is -2.14. The van der Waals surface area contributed by atoms with Crippen LogP contribution in [0.3, 0.4) is 0 Å². The first-order valence-corrected chi connectivity index (χ1v) is 19.7. The van der Waals surface area contributed by atoms with E-state index in [1.54, 1.807) is 0 Å². The molecular weight excluding hydrogens is 689 g/mol. The van der Waals surface area contributed by atoms with E-state index in [1.807, 2.05) is 18.2 Å². The zero-order valence-corrected chi connectivity index (χ0v) is 31.9. The van der Waals surface area contributed by atoms with E-state index < -0.39 is 0 Å². The van der Waals surface area contributed by atoms with Gasteiger partial charge in [-0.25, -0.2) is 9.97 Å². The molecule has 9 aromatic carbocycles. The number of hydrogen-bond donors (Lipinski definition) is 0. The lowest BCUT2D eigenvalue weighted by molar-refractivity contribution is 0.661. The van der Waals surface area contributed by atoms with Gasteiger partial charge in [0.2, 0.25) is 0 Å². The van der Waals surface area contributed by atoms with Crippen LogP contribution in [0.5, 0.6) is 0 Å². The smallest absolute Gasteiger partial charge is 0.160 e. The molecule has 1 heterocycles. The van der Waals surface area contributed by atoms with Gasteiger partial charge in [-0.15, -0.1) is 0 Å². The summed E-state index contributed by atoms with van der Waals surface area (Å²) in [5, 5.41) is 7.33. The molecule has 0 N–H and O–H groups in total. The molecule has 10 aromatic rings.